The molecule has 1 aliphatic carbocycles. The van der Waals surface area contributed by atoms with E-state index in [0.29, 0.717) is 44.7 Å². The van der Waals surface area contributed by atoms with Gasteiger partial charge < -0.3 is 24.2 Å². The number of fused-ring (bicyclic) bond motifs is 3. The van der Waals surface area contributed by atoms with Gasteiger partial charge in [-0.3, -0.25) is 9.80 Å². The number of methoxy groups -OCH3 is 1. The smallest absolute Gasteiger partial charge is 0.416 e. The number of benzene rings is 2. The standard InChI is InChI=1S/C40H42Cl2N4O7/c1-50-34-14-13-29(20-36(34)51-30-6-2-3-7-30)35(21-31-32(41)23-45(49)24-33(31)42)52-39(47)28-11-9-26(10-12-28)22-46(38-8-4-5-17-43-38)40(48)53-37-25-44-18-15-27(37)16-19-44/h4-5,8-14,17,20,23-24,27,30,35,37H,2-3,6-7,15-16,18-19,21-22,25H2,1H3/t35?,37-/m0/s1. The first-order chi connectivity index (χ1) is 25.7. The highest BCUT2D eigenvalue weighted by Gasteiger charge is 2.37. The van der Waals surface area contributed by atoms with E-state index in [-0.39, 0.29) is 35.2 Å². The van der Waals surface area contributed by atoms with Crippen LogP contribution in [0.2, 0.25) is 10.0 Å². The number of rotatable bonds is 12. The summed E-state index contributed by atoms with van der Waals surface area (Å²) in [5.74, 6) is 1.37. The number of pyridine rings is 2. The Kier molecular flexibility index (Phi) is 11.5. The summed E-state index contributed by atoms with van der Waals surface area (Å²) >= 11 is 12.9. The van der Waals surface area contributed by atoms with Crippen molar-refractivity contribution >= 4 is 41.1 Å². The lowest BCUT2D eigenvalue weighted by atomic mass is 9.86. The van der Waals surface area contributed by atoms with Gasteiger partial charge in [-0.15, -0.1) is 0 Å². The van der Waals surface area contributed by atoms with E-state index in [2.05, 4.69) is 9.88 Å². The molecule has 1 amide bonds. The van der Waals surface area contributed by atoms with Gasteiger partial charge in [-0.05, 0) is 105 Å². The molecule has 4 aromatic rings. The fourth-order valence-corrected chi connectivity index (χ4v) is 8.02. The van der Waals surface area contributed by atoms with Crippen LogP contribution in [0.25, 0.3) is 0 Å². The van der Waals surface area contributed by atoms with Gasteiger partial charge in [0.1, 0.15) is 28.1 Å². The second kappa shape index (κ2) is 16.6. The van der Waals surface area contributed by atoms with Gasteiger partial charge in [0.2, 0.25) is 0 Å². The SMILES string of the molecule is COc1ccc(C(Cc2c(Cl)c[n+]([O-])cc2Cl)OC(=O)c2ccc(CN(C(=O)O[C@H]3CN4CCC3CC4)c3ccccn3)cc2)cc1OC1CCCC1. The molecule has 0 radical (unpaired) electrons. The topological polar surface area (TPSA) is 117 Å². The second-order valence-electron chi connectivity index (χ2n) is 13.9. The van der Waals surface area contributed by atoms with E-state index < -0.39 is 18.2 Å². The van der Waals surface area contributed by atoms with Crippen LogP contribution in [0.15, 0.2) is 79.3 Å². The van der Waals surface area contributed by atoms with Gasteiger partial charge in [0.15, 0.2) is 23.9 Å². The van der Waals surface area contributed by atoms with Crippen LogP contribution in [-0.4, -0.2) is 60.9 Å². The lowest BCUT2D eigenvalue weighted by Crippen LogP contribution is -2.53. The first-order valence-electron chi connectivity index (χ1n) is 18.1. The summed E-state index contributed by atoms with van der Waals surface area (Å²) in [6.45, 7) is 3.03. The molecule has 4 aliphatic rings. The third-order valence-electron chi connectivity index (χ3n) is 10.4. The van der Waals surface area contributed by atoms with Crippen molar-refractivity contribution in [3.63, 3.8) is 0 Å². The summed E-state index contributed by atoms with van der Waals surface area (Å²) in [6.07, 6.45) is 8.93. The van der Waals surface area contributed by atoms with Crippen LogP contribution in [0.4, 0.5) is 10.6 Å². The Morgan fingerprint density at radius 2 is 1.72 bits per heavy atom. The van der Waals surface area contributed by atoms with Gasteiger partial charge in [-0.25, -0.2) is 14.6 Å². The molecular weight excluding hydrogens is 719 g/mol. The zero-order chi connectivity index (χ0) is 36.9. The maximum absolute atomic E-state index is 13.8. The number of piperidine rings is 3. The van der Waals surface area contributed by atoms with Gasteiger partial charge in [0, 0.05) is 24.7 Å². The van der Waals surface area contributed by atoms with Crippen LogP contribution in [-0.2, 0) is 22.4 Å². The molecule has 5 heterocycles. The third kappa shape index (κ3) is 8.80. The lowest BCUT2D eigenvalue weighted by Gasteiger charge is -2.44. The second-order valence-corrected chi connectivity index (χ2v) is 14.7. The van der Waals surface area contributed by atoms with Crippen molar-refractivity contribution < 1.29 is 33.3 Å². The summed E-state index contributed by atoms with van der Waals surface area (Å²) in [5.41, 5.74) is 2.17. The van der Waals surface area contributed by atoms with Gasteiger partial charge in [-0.1, -0.05) is 47.5 Å². The van der Waals surface area contributed by atoms with Crippen molar-refractivity contribution in [1.82, 2.24) is 9.88 Å². The highest BCUT2D eigenvalue weighted by Crippen LogP contribution is 2.38. The Hall–Kier alpha value is -4.58. The van der Waals surface area contributed by atoms with Crippen LogP contribution < -0.4 is 19.1 Å². The number of anilines is 1. The van der Waals surface area contributed by atoms with Gasteiger partial charge >= 0.3 is 12.1 Å². The number of amides is 1. The van der Waals surface area contributed by atoms with Gasteiger partial charge in [-0.2, -0.15) is 4.73 Å². The quantitative estimate of drug-likeness (QED) is 0.0813. The number of ether oxygens (including phenoxy) is 4. The van der Waals surface area contributed by atoms with Crippen molar-refractivity contribution in [2.24, 2.45) is 5.92 Å². The summed E-state index contributed by atoms with van der Waals surface area (Å²) in [6, 6.07) is 17.7. The molecule has 4 fully saturated rings. The Morgan fingerprint density at radius 1 is 0.981 bits per heavy atom. The van der Waals surface area contributed by atoms with Crippen molar-refractivity contribution in [2.75, 3.05) is 31.6 Å². The van der Waals surface area contributed by atoms with E-state index in [9.17, 15) is 14.8 Å². The van der Waals surface area contributed by atoms with Crippen molar-refractivity contribution in [1.29, 1.82) is 0 Å². The fraction of sp³-hybridized carbons (Fsp3) is 0.400. The van der Waals surface area contributed by atoms with Crippen molar-refractivity contribution in [2.45, 2.75) is 69.8 Å². The lowest BCUT2D eigenvalue weighted by molar-refractivity contribution is -0.605. The monoisotopic (exact) mass is 760 g/mol. The first-order valence-corrected chi connectivity index (χ1v) is 18.8. The Bertz CT molecular complexity index is 1880. The van der Waals surface area contributed by atoms with E-state index in [0.717, 1.165) is 63.7 Å². The minimum absolute atomic E-state index is 0.0694. The van der Waals surface area contributed by atoms with E-state index >= 15 is 0 Å². The molecule has 8 rings (SSSR count). The van der Waals surface area contributed by atoms with E-state index in [1.165, 1.54) is 17.3 Å². The molecule has 11 nitrogen and oxygen atoms in total. The largest absolute Gasteiger partial charge is 0.619 e. The molecule has 2 aromatic heterocycles. The number of esters is 1. The fourth-order valence-electron chi connectivity index (χ4n) is 7.43. The van der Waals surface area contributed by atoms with E-state index in [1.54, 1.807) is 61.8 Å². The summed E-state index contributed by atoms with van der Waals surface area (Å²) in [4.78, 5) is 35.7. The normalized spacial score (nSPS) is 20.1. The molecule has 0 spiro atoms. The minimum Gasteiger partial charge on any atom is -0.619 e. The van der Waals surface area contributed by atoms with Gasteiger partial charge in [0.25, 0.3) is 0 Å². The Balaban J connectivity index is 1.10. The van der Waals surface area contributed by atoms with Crippen LogP contribution in [0.1, 0.15) is 71.7 Å². The number of nitrogens with zero attached hydrogens (tertiary/aromatic N) is 4. The average Bonchev–Trinajstić information content (AvgIpc) is 3.69. The molecular formula is C40H42Cl2N4O7. The number of hydrogen-bond acceptors (Lipinski definition) is 9. The number of halogens is 2. The van der Waals surface area contributed by atoms with Crippen LogP contribution in [0.3, 0.4) is 0 Å². The zero-order valence-electron chi connectivity index (χ0n) is 29.5. The number of carbonyl (C=O) groups is 2. The molecule has 278 valence electrons. The molecule has 2 bridgehead atoms. The minimum atomic E-state index is -0.850. The highest BCUT2D eigenvalue weighted by molar-refractivity contribution is 6.35. The molecule has 3 saturated heterocycles. The highest BCUT2D eigenvalue weighted by atomic mass is 35.5. The molecule has 53 heavy (non-hydrogen) atoms. The maximum atomic E-state index is 13.8. The van der Waals surface area contributed by atoms with E-state index in [4.69, 9.17) is 42.1 Å². The summed E-state index contributed by atoms with van der Waals surface area (Å²) < 4.78 is 24.7. The molecule has 2 atom stereocenters. The van der Waals surface area contributed by atoms with Crippen LogP contribution in [0.5, 0.6) is 11.5 Å². The summed E-state index contributed by atoms with van der Waals surface area (Å²) in [7, 11) is 1.58. The Labute approximate surface area is 318 Å². The zero-order valence-corrected chi connectivity index (χ0v) is 31.0. The van der Waals surface area contributed by atoms with Crippen LogP contribution >= 0.6 is 23.2 Å². The molecule has 1 saturated carbocycles. The molecule has 13 heteroatoms. The maximum Gasteiger partial charge on any atom is 0.416 e. The predicted octanol–water partition coefficient (Wildman–Crippen LogP) is 7.73. The molecule has 3 aliphatic heterocycles. The summed E-state index contributed by atoms with van der Waals surface area (Å²) in [5, 5.41) is 12.3. The Morgan fingerprint density at radius 3 is 2.36 bits per heavy atom. The van der Waals surface area contributed by atoms with Gasteiger partial charge in [0.05, 0.1) is 25.3 Å². The van der Waals surface area contributed by atoms with Crippen LogP contribution in [0, 0.1) is 11.1 Å². The number of hydrogen-bond donors (Lipinski definition) is 0. The third-order valence-corrected chi connectivity index (χ3v) is 11.0. The number of carbonyl (C=O) groups excluding carboxylic acids is 2. The number of aromatic nitrogens is 2. The molecule has 0 N–H and O–H groups in total. The van der Waals surface area contributed by atoms with E-state index in [1.807, 2.05) is 12.1 Å². The first kappa shape index (κ1) is 36.8. The average molecular weight is 762 g/mol. The molecule has 2 aromatic carbocycles. The van der Waals surface area contributed by atoms with Crippen molar-refractivity contribution in [3.8, 4) is 11.5 Å². The van der Waals surface area contributed by atoms with Crippen molar-refractivity contribution in [3.05, 3.63) is 117 Å². The molecule has 1 unspecified atom stereocenters. The predicted molar refractivity (Wildman–Crippen MR) is 199 cm³/mol.